The van der Waals surface area contributed by atoms with Gasteiger partial charge in [-0.2, -0.15) is 0 Å². The zero-order chi connectivity index (χ0) is 9.94. The fourth-order valence-electron chi connectivity index (χ4n) is 0.613. The molecule has 0 heterocycles. The van der Waals surface area contributed by atoms with Gasteiger partial charge in [0.2, 0.25) is 6.29 Å². The second kappa shape index (κ2) is 9.09. The minimum atomic E-state index is -0.511. The van der Waals surface area contributed by atoms with Gasteiger partial charge in [0, 0.05) is 13.2 Å². The fraction of sp³-hybridized carbons (Fsp3) is 0.600. The molecular formula is C10H14O3. The summed E-state index contributed by atoms with van der Waals surface area (Å²) in [5.74, 6) is 10.1. The molecule has 0 aromatic heterocycles. The summed E-state index contributed by atoms with van der Waals surface area (Å²) in [5, 5.41) is 8.33. The van der Waals surface area contributed by atoms with E-state index < -0.39 is 6.29 Å². The third kappa shape index (κ3) is 7.36. The summed E-state index contributed by atoms with van der Waals surface area (Å²) in [7, 11) is 0. The first-order valence-corrected chi connectivity index (χ1v) is 4.17. The van der Waals surface area contributed by atoms with E-state index in [4.69, 9.17) is 14.6 Å². The largest absolute Gasteiger partial charge is 0.384 e. The zero-order valence-electron chi connectivity index (χ0n) is 7.96. The van der Waals surface area contributed by atoms with Crippen LogP contribution in [0.25, 0.3) is 0 Å². The number of aliphatic hydroxyl groups is 1. The van der Waals surface area contributed by atoms with Gasteiger partial charge < -0.3 is 14.6 Å². The Hall–Kier alpha value is -1.00. The SMILES string of the molecule is CCOC(C#CC#CCO)OCC. The lowest BCUT2D eigenvalue weighted by Gasteiger charge is -2.08. The van der Waals surface area contributed by atoms with Crippen molar-refractivity contribution in [1.82, 2.24) is 0 Å². The maximum absolute atomic E-state index is 8.33. The summed E-state index contributed by atoms with van der Waals surface area (Å²) in [6.45, 7) is 4.66. The normalized spacial score (nSPS) is 8.62. The molecule has 0 saturated heterocycles. The van der Waals surface area contributed by atoms with E-state index in [9.17, 15) is 0 Å². The summed E-state index contributed by atoms with van der Waals surface area (Å²) in [6, 6.07) is 0. The van der Waals surface area contributed by atoms with Crippen LogP contribution in [0.3, 0.4) is 0 Å². The van der Waals surface area contributed by atoms with Crippen molar-refractivity contribution in [2.45, 2.75) is 20.1 Å². The van der Waals surface area contributed by atoms with Gasteiger partial charge in [-0.25, -0.2) is 0 Å². The summed E-state index contributed by atoms with van der Waals surface area (Å²) < 4.78 is 10.3. The average molecular weight is 182 g/mol. The van der Waals surface area contributed by atoms with E-state index in [0.717, 1.165) is 0 Å². The van der Waals surface area contributed by atoms with E-state index in [2.05, 4.69) is 23.7 Å². The second-order valence-electron chi connectivity index (χ2n) is 1.97. The lowest BCUT2D eigenvalue weighted by atomic mass is 10.5. The van der Waals surface area contributed by atoms with E-state index in [1.165, 1.54) is 0 Å². The van der Waals surface area contributed by atoms with E-state index in [1.54, 1.807) is 0 Å². The highest BCUT2D eigenvalue weighted by Crippen LogP contribution is 1.91. The van der Waals surface area contributed by atoms with Crippen LogP contribution in [-0.2, 0) is 9.47 Å². The van der Waals surface area contributed by atoms with Gasteiger partial charge in [-0.1, -0.05) is 5.92 Å². The van der Waals surface area contributed by atoms with Crippen molar-refractivity contribution in [3.63, 3.8) is 0 Å². The van der Waals surface area contributed by atoms with Crippen molar-refractivity contribution in [1.29, 1.82) is 0 Å². The molecule has 0 aromatic rings. The predicted molar refractivity (Wildman–Crippen MR) is 49.7 cm³/mol. The monoisotopic (exact) mass is 182 g/mol. The Morgan fingerprint density at radius 3 is 2.23 bits per heavy atom. The lowest BCUT2D eigenvalue weighted by Crippen LogP contribution is -2.14. The summed E-state index contributed by atoms with van der Waals surface area (Å²) in [4.78, 5) is 0. The standard InChI is InChI=1S/C10H14O3/c1-3-12-10(13-4-2)8-6-5-7-9-11/h10-11H,3-4,9H2,1-2H3. The van der Waals surface area contributed by atoms with Crippen molar-refractivity contribution < 1.29 is 14.6 Å². The molecule has 0 atom stereocenters. The van der Waals surface area contributed by atoms with E-state index in [-0.39, 0.29) is 6.61 Å². The summed E-state index contributed by atoms with van der Waals surface area (Å²) in [6.07, 6.45) is -0.511. The molecule has 0 bridgehead atoms. The topological polar surface area (TPSA) is 38.7 Å². The van der Waals surface area contributed by atoms with Crippen LogP contribution < -0.4 is 0 Å². The van der Waals surface area contributed by atoms with Crippen LogP contribution in [0.15, 0.2) is 0 Å². The molecule has 72 valence electrons. The van der Waals surface area contributed by atoms with Crippen LogP contribution in [0.5, 0.6) is 0 Å². The van der Waals surface area contributed by atoms with Gasteiger partial charge >= 0.3 is 0 Å². The van der Waals surface area contributed by atoms with Crippen LogP contribution in [0.1, 0.15) is 13.8 Å². The Bertz CT molecular complexity index is 220. The highest BCUT2D eigenvalue weighted by Gasteiger charge is 2.00. The van der Waals surface area contributed by atoms with Gasteiger partial charge in [-0.05, 0) is 31.6 Å². The molecule has 0 aliphatic rings. The Morgan fingerprint density at radius 2 is 1.77 bits per heavy atom. The Morgan fingerprint density at radius 1 is 1.15 bits per heavy atom. The number of ether oxygens (including phenoxy) is 2. The number of hydrogen-bond donors (Lipinski definition) is 1. The molecule has 0 spiro atoms. The van der Waals surface area contributed by atoms with Crippen molar-refractivity contribution >= 4 is 0 Å². The summed E-state index contributed by atoms with van der Waals surface area (Å²) in [5.41, 5.74) is 0. The van der Waals surface area contributed by atoms with Crippen LogP contribution in [-0.4, -0.2) is 31.2 Å². The molecule has 0 aliphatic heterocycles. The highest BCUT2D eigenvalue weighted by molar-refractivity contribution is 5.26. The van der Waals surface area contributed by atoms with Crippen molar-refractivity contribution in [2.75, 3.05) is 19.8 Å². The lowest BCUT2D eigenvalue weighted by molar-refractivity contribution is -0.0969. The fourth-order valence-corrected chi connectivity index (χ4v) is 0.613. The molecule has 0 radical (unpaired) electrons. The van der Waals surface area contributed by atoms with Crippen molar-refractivity contribution in [2.24, 2.45) is 0 Å². The van der Waals surface area contributed by atoms with Crippen LogP contribution in [0.2, 0.25) is 0 Å². The third-order valence-corrected chi connectivity index (χ3v) is 1.06. The highest BCUT2D eigenvalue weighted by atomic mass is 16.7. The van der Waals surface area contributed by atoms with Crippen LogP contribution >= 0.6 is 0 Å². The first kappa shape index (κ1) is 12.0. The molecule has 0 amide bonds. The molecule has 0 fully saturated rings. The van der Waals surface area contributed by atoms with Crippen molar-refractivity contribution in [3.05, 3.63) is 0 Å². The molecule has 0 unspecified atom stereocenters. The predicted octanol–water partition coefficient (Wildman–Crippen LogP) is 0.385. The molecule has 0 aromatic carbocycles. The molecule has 3 heteroatoms. The smallest absolute Gasteiger partial charge is 0.223 e. The maximum atomic E-state index is 8.33. The minimum absolute atomic E-state index is 0.178. The van der Waals surface area contributed by atoms with Gasteiger partial charge in [0.25, 0.3) is 0 Å². The van der Waals surface area contributed by atoms with Gasteiger partial charge in [-0.15, -0.1) is 0 Å². The molecule has 1 N–H and O–H groups in total. The molecule has 13 heavy (non-hydrogen) atoms. The van der Waals surface area contributed by atoms with Gasteiger partial charge in [-0.3, -0.25) is 0 Å². The van der Waals surface area contributed by atoms with Crippen LogP contribution in [0, 0.1) is 23.7 Å². The first-order chi connectivity index (χ1) is 6.35. The number of rotatable bonds is 4. The van der Waals surface area contributed by atoms with E-state index >= 15 is 0 Å². The number of hydrogen-bond acceptors (Lipinski definition) is 3. The van der Waals surface area contributed by atoms with Gasteiger partial charge in [0.15, 0.2) is 0 Å². The Labute approximate surface area is 79.0 Å². The average Bonchev–Trinajstić information content (AvgIpc) is 2.13. The number of aliphatic hydroxyl groups excluding tert-OH is 1. The molecule has 0 aliphatic carbocycles. The zero-order valence-corrected chi connectivity index (χ0v) is 7.96. The van der Waals surface area contributed by atoms with Crippen molar-refractivity contribution in [3.8, 4) is 23.7 Å². The van der Waals surface area contributed by atoms with E-state index in [0.29, 0.717) is 13.2 Å². The Kier molecular flexibility index (Phi) is 8.39. The Balaban J connectivity index is 3.96. The van der Waals surface area contributed by atoms with Gasteiger partial charge in [0.05, 0.1) is 0 Å². The van der Waals surface area contributed by atoms with Gasteiger partial charge in [0.1, 0.15) is 6.61 Å². The molecular weight excluding hydrogens is 168 g/mol. The first-order valence-electron chi connectivity index (χ1n) is 4.17. The molecule has 0 saturated carbocycles. The van der Waals surface area contributed by atoms with Crippen LogP contribution in [0.4, 0.5) is 0 Å². The third-order valence-electron chi connectivity index (χ3n) is 1.06. The quantitative estimate of drug-likeness (QED) is 0.505. The summed E-state index contributed by atoms with van der Waals surface area (Å²) >= 11 is 0. The molecule has 0 rings (SSSR count). The maximum Gasteiger partial charge on any atom is 0.223 e. The van der Waals surface area contributed by atoms with E-state index in [1.807, 2.05) is 13.8 Å². The second-order valence-corrected chi connectivity index (χ2v) is 1.97. The molecule has 3 nitrogen and oxygen atoms in total. The minimum Gasteiger partial charge on any atom is -0.384 e.